The Morgan fingerprint density at radius 2 is 1.62 bits per heavy atom. The van der Waals surface area contributed by atoms with Crippen LogP contribution in [0.5, 0.6) is 11.5 Å². The zero-order valence-corrected chi connectivity index (χ0v) is 22.3. The summed E-state index contributed by atoms with van der Waals surface area (Å²) in [6, 6.07) is 25.6. The summed E-state index contributed by atoms with van der Waals surface area (Å²) in [6.45, 7) is 1.93. The van der Waals surface area contributed by atoms with Gasteiger partial charge in [-0.15, -0.1) is 20.4 Å². The molecule has 0 atom stereocenters. The van der Waals surface area contributed by atoms with Gasteiger partial charge in [0.1, 0.15) is 5.82 Å². The van der Waals surface area contributed by atoms with E-state index in [-0.39, 0.29) is 0 Å². The van der Waals surface area contributed by atoms with Crippen molar-refractivity contribution in [3.05, 3.63) is 90.6 Å². The van der Waals surface area contributed by atoms with Crippen molar-refractivity contribution in [3.8, 4) is 39.9 Å². The van der Waals surface area contributed by atoms with Crippen LogP contribution in [0, 0.1) is 6.92 Å². The molecular weight excluding hydrogens is 512 g/mol. The van der Waals surface area contributed by atoms with Gasteiger partial charge in [-0.25, -0.2) is 4.98 Å². The molecule has 0 radical (unpaired) electrons. The summed E-state index contributed by atoms with van der Waals surface area (Å²) in [5, 5.41) is 19.0. The van der Waals surface area contributed by atoms with Gasteiger partial charge >= 0.3 is 0 Å². The number of para-hydroxylation sites is 2. The second kappa shape index (κ2) is 10.6. The fourth-order valence-corrected chi connectivity index (χ4v) is 5.19. The number of hydrogen-bond donors (Lipinski definition) is 0. The van der Waals surface area contributed by atoms with Crippen molar-refractivity contribution in [3.63, 3.8) is 0 Å². The molecule has 9 nitrogen and oxygen atoms in total. The minimum absolute atomic E-state index is 0.423. The van der Waals surface area contributed by atoms with Crippen LogP contribution in [-0.2, 0) is 5.75 Å². The van der Waals surface area contributed by atoms with Gasteiger partial charge in [-0.2, -0.15) is 0 Å². The number of aromatic nitrogens is 6. The van der Waals surface area contributed by atoms with Gasteiger partial charge < -0.3 is 13.9 Å². The minimum Gasteiger partial charge on any atom is -0.493 e. The van der Waals surface area contributed by atoms with Crippen molar-refractivity contribution in [2.24, 2.45) is 0 Å². The molecule has 0 bridgehead atoms. The first-order valence-electron chi connectivity index (χ1n) is 12.2. The van der Waals surface area contributed by atoms with E-state index < -0.39 is 0 Å². The largest absolute Gasteiger partial charge is 0.493 e. The van der Waals surface area contributed by atoms with Gasteiger partial charge in [-0.05, 0) is 49.4 Å². The number of nitrogens with zero attached hydrogens (tertiary/aromatic N) is 6. The Morgan fingerprint density at radius 3 is 2.44 bits per heavy atom. The van der Waals surface area contributed by atoms with E-state index in [2.05, 4.69) is 20.4 Å². The third-order valence-corrected chi connectivity index (χ3v) is 7.14. The lowest BCUT2D eigenvalue weighted by atomic mass is 10.0. The van der Waals surface area contributed by atoms with E-state index in [1.165, 1.54) is 11.8 Å². The highest BCUT2D eigenvalue weighted by atomic mass is 32.2. The monoisotopic (exact) mass is 536 g/mol. The first-order chi connectivity index (χ1) is 19.1. The first kappa shape index (κ1) is 24.6. The Bertz CT molecular complexity index is 1770. The van der Waals surface area contributed by atoms with E-state index in [0.717, 1.165) is 44.4 Å². The number of aryl methyl sites for hydroxylation is 1. The Kier molecular flexibility index (Phi) is 6.68. The molecule has 0 saturated heterocycles. The number of methoxy groups -OCH3 is 2. The average molecular weight is 537 g/mol. The van der Waals surface area contributed by atoms with E-state index in [0.29, 0.717) is 29.0 Å². The third-order valence-electron chi connectivity index (χ3n) is 6.23. The smallest absolute Gasteiger partial charge is 0.248 e. The normalized spacial score (nSPS) is 11.2. The molecule has 0 aliphatic rings. The molecule has 0 spiro atoms. The van der Waals surface area contributed by atoms with Gasteiger partial charge in [0.2, 0.25) is 11.8 Å². The maximum Gasteiger partial charge on any atom is 0.248 e. The van der Waals surface area contributed by atoms with Crippen LogP contribution >= 0.6 is 11.8 Å². The molecule has 0 unspecified atom stereocenters. The predicted molar refractivity (Wildman–Crippen MR) is 149 cm³/mol. The SMILES string of the molecule is COc1ccc(-c2cc(-c3nnc(CSc4nnc(C)n4-c4ccccc4)o3)c3ccccc3n2)cc1OC. The number of pyridine rings is 1. The van der Waals surface area contributed by atoms with Gasteiger partial charge in [0.05, 0.1) is 36.7 Å². The number of rotatable bonds is 8. The van der Waals surface area contributed by atoms with Crippen molar-refractivity contribution in [2.45, 2.75) is 17.8 Å². The molecule has 0 fully saturated rings. The topological polar surface area (TPSA) is 101 Å². The lowest BCUT2D eigenvalue weighted by Crippen LogP contribution is -1.98. The molecule has 39 heavy (non-hydrogen) atoms. The van der Waals surface area contributed by atoms with Crippen LogP contribution in [0.4, 0.5) is 0 Å². The second-order valence-corrected chi connectivity index (χ2v) is 9.57. The Hall–Kier alpha value is -4.70. The molecule has 0 amide bonds. The van der Waals surface area contributed by atoms with Crippen molar-refractivity contribution >= 4 is 22.7 Å². The lowest BCUT2D eigenvalue weighted by Gasteiger charge is -2.11. The van der Waals surface area contributed by atoms with Crippen molar-refractivity contribution < 1.29 is 13.9 Å². The molecule has 194 valence electrons. The quantitative estimate of drug-likeness (QED) is 0.212. The highest BCUT2D eigenvalue weighted by Crippen LogP contribution is 2.36. The second-order valence-electron chi connectivity index (χ2n) is 8.63. The molecule has 3 aromatic carbocycles. The molecule has 3 heterocycles. The average Bonchev–Trinajstić information content (AvgIpc) is 3.61. The van der Waals surface area contributed by atoms with Crippen molar-refractivity contribution in [1.29, 1.82) is 0 Å². The third kappa shape index (κ3) is 4.82. The molecule has 6 aromatic rings. The molecule has 10 heteroatoms. The van der Waals surface area contributed by atoms with Gasteiger partial charge in [0, 0.05) is 16.6 Å². The molecule has 6 rings (SSSR count). The first-order valence-corrected chi connectivity index (χ1v) is 13.2. The summed E-state index contributed by atoms with van der Waals surface area (Å²) in [5.74, 6) is 3.45. The van der Waals surface area contributed by atoms with E-state index in [4.69, 9.17) is 18.9 Å². The maximum atomic E-state index is 6.15. The standard InChI is InChI=1S/C29H24N6O3S/c1-18-31-34-29(35(18)20-9-5-4-6-10-20)39-17-27-32-33-28(38-27)22-16-24(30-23-12-8-7-11-21(22)23)19-13-14-25(36-2)26(15-19)37-3/h4-16H,17H2,1-3H3. The van der Waals surface area contributed by atoms with E-state index in [1.807, 2.05) is 90.4 Å². The van der Waals surface area contributed by atoms with E-state index >= 15 is 0 Å². The highest BCUT2D eigenvalue weighted by molar-refractivity contribution is 7.98. The van der Waals surface area contributed by atoms with Gasteiger partial charge in [0.25, 0.3) is 0 Å². The van der Waals surface area contributed by atoms with Crippen LogP contribution in [0.1, 0.15) is 11.7 Å². The number of fused-ring (bicyclic) bond motifs is 1. The Labute approximate surface area is 228 Å². The fourth-order valence-electron chi connectivity index (χ4n) is 4.35. The Balaban J connectivity index is 1.32. The number of benzene rings is 3. The van der Waals surface area contributed by atoms with Crippen LogP contribution in [0.2, 0.25) is 0 Å². The summed E-state index contributed by atoms with van der Waals surface area (Å²) in [6.07, 6.45) is 0. The zero-order valence-electron chi connectivity index (χ0n) is 21.5. The van der Waals surface area contributed by atoms with Crippen LogP contribution in [0.3, 0.4) is 0 Å². The summed E-state index contributed by atoms with van der Waals surface area (Å²) >= 11 is 1.49. The van der Waals surface area contributed by atoms with E-state index in [9.17, 15) is 0 Å². The summed E-state index contributed by atoms with van der Waals surface area (Å²) in [5.41, 5.74) is 4.26. The summed E-state index contributed by atoms with van der Waals surface area (Å²) in [4.78, 5) is 4.88. The molecular formula is C29H24N6O3S. The minimum atomic E-state index is 0.423. The number of hydrogen-bond acceptors (Lipinski definition) is 9. The van der Waals surface area contributed by atoms with Crippen LogP contribution in [0.25, 0.3) is 39.3 Å². The number of thioether (sulfide) groups is 1. The van der Waals surface area contributed by atoms with Gasteiger partial charge in [-0.3, -0.25) is 4.57 Å². The molecule has 0 N–H and O–H groups in total. The fraction of sp³-hybridized carbons (Fsp3) is 0.138. The molecule has 0 aliphatic heterocycles. The van der Waals surface area contributed by atoms with Gasteiger partial charge in [-0.1, -0.05) is 48.2 Å². The predicted octanol–water partition coefficient (Wildman–Crippen LogP) is 6.15. The molecule has 3 aromatic heterocycles. The lowest BCUT2D eigenvalue weighted by molar-refractivity contribution is 0.355. The summed E-state index contributed by atoms with van der Waals surface area (Å²) in [7, 11) is 3.23. The number of ether oxygens (including phenoxy) is 2. The highest BCUT2D eigenvalue weighted by Gasteiger charge is 2.18. The van der Waals surface area contributed by atoms with Crippen LogP contribution in [-0.4, -0.2) is 44.2 Å². The Morgan fingerprint density at radius 1 is 0.821 bits per heavy atom. The van der Waals surface area contributed by atoms with Gasteiger partial charge in [0.15, 0.2) is 16.7 Å². The molecule has 0 aliphatic carbocycles. The van der Waals surface area contributed by atoms with Crippen molar-refractivity contribution in [1.82, 2.24) is 29.9 Å². The van der Waals surface area contributed by atoms with Crippen LogP contribution < -0.4 is 9.47 Å². The maximum absolute atomic E-state index is 6.15. The van der Waals surface area contributed by atoms with E-state index in [1.54, 1.807) is 14.2 Å². The van der Waals surface area contributed by atoms with Crippen LogP contribution in [0.15, 0.2) is 88.4 Å². The molecule has 0 saturated carbocycles. The van der Waals surface area contributed by atoms with Crippen molar-refractivity contribution in [2.75, 3.05) is 14.2 Å². The zero-order chi connectivity index (χ0) is 26.8. The summed E-state index contributed by atoms with van der Waals surface area (Å²) < 4.78 is 19.0.